The van der Waals surface area contributed by atoms with Crippen LogP contribution in [0.15, 0.2) is 94.6 Å². The van der Waals surface area contributed by atoms with Gasteiger partial charge in [0.15, 0.2) is 0 Å². The summed E-state index contributed by atoms with van der Waals surface area (Å²) < 4.78 is 54.3. The predicted octanol–water partition coefficient (Wildman–Crippen LogP) is 6.50. The Hall–Kier alpha value is -4.42. The van der Waals surface area contributed by atoms with Gasteiger partial charge in [0.25, 0.3) is 14.1 Å². The third-order valence-electron chi connectivity index (χ3n) is 10.2. The zero-order valence-corrected chi connectivity index (χ0v) is 36.1. The molecule has 0 radical (unpaired) electrons. The van der Waals surface area contributed by atoms with E-state index in [1.807, 2.05) is 78.9 Å². The molecule has 14 nitrogen and oxygen atoms in total. The predicted molar refractivity (Wildman–Crippen MR) is 225 cm³/mol. The molecule has 0 saturated carbocycles. The summed E-state index contributed by atoms with van der Waals surface area (Å²) in [5.74, 6) is 1.38. The van der Waals surface area contributed by atoms with Gasteiger partial charge in [-0.2, -0.15) is 5.26 Å². The molecule has 0 bridgehead atoms. The number of H-pyrrole nitrogens is 1. The summed E-state index contributed by atoms with van der Waals surface area (Å²) in [6, 6.07) is 26.9. The van der Waals surface area contributed by atoms with E-state index < -0.39 is 49.7 Å². The molecule has 5 atom stereocenters. The van der Waals surface area contributed by atoms with Gasteiger partial charge in [0, 0.05) is 31.0 Å². The molecule has 4 aromatic rings. The molecule has 0 amide bonds. The molecule has 59 heavy (non-hydrogen) atoms. The highest BCUT2D eigenvalue weighted by atomic mass is 31.2. The van der Waals surface area contributed by atoms with E-state index >= 15 is 0 Å². The van der Waals surface area contributed by atoms with Crippen molar-refractivity contribution < 1.29 is 37.5 Å². The molecule has 1 aliphatic rings. The lowest BCUT2D eigenvalue weighted by molar-refractivity contribution is -0.195. The first kappa shape index (κ1) is 45.7. The minimum Gasteiger partial charge on any atom is -0.497 e. The van der Waals surface area contributed by atoms with Crippen LogP contribution in [-0.4, -0.2) is 99.0 Å². The lowest BCUT2D eigenvalue weighted by atomic mass is 9.80. The smallest absolute Gasteiger partial charge is 0.328 e. The van der Waals surface area contributed by atoms with Crippen LogP contribution in [0.4, 0.5) is 0 Å². The number of methoxy groups -OCH3 is 3. The standard InChI is InChI=1S/C44H57N4O10P/c1-30(2)48(31(3)4)59(57-24-12-23-45)58-41-39(55-28-38(40(41)54-26-25-51-6)47-27-32(5)42(49)46-43(47)50)29-56-44(33-13-10-9-11-14-33,34-15-19-36(52-7)20-16-34)35-17-21-37(53-8)22-18-35/h9-11,13-22,27,30-31,38-41H,12,24-26,28-29H2,1-8H3,(H,46,49,50)/t38-,39-,40+,41-,59?/m1/s1. The maximum atomic E-state index is 13.5. The van der Waals surface area contributed by atoms with E-state index in [9.17, 15) is 14.9 Å². The van der Waals surface area contributed by atoms with Crippen LogP contribution in [0.5, 0.6) is 11.5 Å². The van der Waals surface area contributed by atoms with Crippen molar-refractivity contribution in [3.63, 3.8) is 0 Å². The van der Waals surface area contributed by atoms with Gasteiger partial charge in [0.05, 0.1) is 65.8 Å². The fraction of sp³-hybridized carbons (Fsp3) is 0.477. The number of nitriles is 1. The summed E-state index contributed by atoms with van der Waals surface area (Å²) in [6.07, 6.45) is -0.841. The van der Waals surface area contributed by atoms with Crippen molar-refractivity contribution in [2.45, 2.75) is 83.1 Å². The Morgan fingerprint density at radius 3 is 2.00 bits per heavy atom. The highest BCUT2D eigenvalue weighted by Gasteiger charge is 2.48. The number of nitrogens with one attached hydrogen (secondary N) is 1. The summed E-state index contributed by atoms with van der Waals surface area (Å²) in [5, 5.41) is 9.46. The Morgan fingerprint density at radius 1 is 0.864 bits per heavy atom. The van der Waals surface area contributed by atoms with Crippen LogP contribution < -0.4 is 20.7 Å². The molecular weight excluding hydrogens is 775 g/mol. The number of ether oxygens (including phenoxy) is 6. The number of aryl methyl sites for hydroxylation is 1. The van der Waals surface area contributed by atoms with Crippen molar-refractivity contribution >= 4 is 8.53 Å². The molecule has 1 aliphatic heterocycles. The van der Waals surface area contributed by atoms with Gasteiger partial charge >= 0.3 is 5.69 Å². The van der Waals surface area contributed by atoms with Crippen LogP contribution >= 0.6 is 8.53 Å². The van der Waals surface area contributed by atoms with Crippen molar-refractivity contribution in [1.82, 2.24) is 14.2 Å². The van der Waals surface area contributed by atoms with E-state index in [2.05, 4.69) is 43.4 Å². The molecule has 5 rings (SSSR count). The lowest BCUT2D eigenvalue weighted by Gasteiger charge is -2.46. The molecule has 0 aliphatic carbocycles. The summed E-state index contributed by atoms with van der Waals surface area (Å²) in [5.41, 5.74) is 0.601. The van der Waals surface area contributed by atoms with Crippen LogP contribution in [0.2, 0.25) is 0 Å². The van der Waals surface area contributed by atoms with E-state index in [0.717, 1.165) is 16.7 Å². The normalized spacial score (nSPS) is 18.9. The van der Waals surface area contributed by atoms with Gasteiger partial charge in [-0.25, -0.2) is 9.46 Å². The Labute approximate surface area is 347 Å². The molecule has 1 N–H and O–H groups in total. The minimum atomic E-state index is -1.84. The van der Waals surface area contributed by atoms with E-state index in [1.165, 1.54) is 10.8 Å². The summed E-state index contributed by atoms with van der Waals surface area (Å²) >= 11 is 0. The molecule has 3 aromatic carbocycles. The highest BCUT2D eigenvalue weighted by Crippen LogP contribution is 2.50. The average molecular weight is 833 g/mol. The maximum absolute atomic E-state index is 13.5. The van der Waals surface area contributed by atoms with Crippen LogP contribution in [0.3, 0.4) is 0 Å². The molecule has 318 valence electrons. The van der Waals surface area contributed by atoms with E-state index in [1.54, 1.807) is 28.3 Å². The van der Waals surface area contributed by atoms with Crippen molar-refractivity contribution in [3.8, 4) is 17.6 Å². The number of nitrogens with zero attached hydrogens (tertiary/aromatic N) is 3. The maximum Gasteiger partial charge on any atom is 0.328 e. The quantitative estimate of drug-likeness (QED) is 0.0553. The third kappa shape index (κ3) is 10.9. The molecule has 1 fully saturated rings. The second-order valence-electron chi connectivity index (χ2n) is 14.7. The van der Waals surface area contributed by atoms with Gasteiger partial charge in [-0.15, -0.1) is 0 Å². The minimum absolute atomic E-state index is 0.00796. The topological polar surface area (TPSA) is 156 Å². The highest BCUT2D eigenvalue weighted by molar-refractivity contribution is 7.44. The largest absolute Gasteiger partial charge is 0.497 e. The van der Waals surface area contributed by atoms with Crippen molar-refractivity contribution in [2.75, 3.05) is 54.4 Å². The molecule has 15 heteroatoms. The second kappa shape index (κ2) is 21.7. The van der Waals surface area contributed by atoms with E-state index in [4.69, 9.17) is 37.5 Å². The van der Waals surface area contributed by atoms with Gasteiger partial charge in [0.2, 0.25) is 0 Å². The fourth-order valence-corrected chi connectivity index (χ4v) is 9.11. The van der Waals surface area contributed by atoms with Gasteiger partial charge in [-0.1, -0.05) is 54.6 Å². The average Bonchev–Trinajstić information content (AvgIpc) is 3.24. The Kier molecular flexibility index (Phi) is 16.8. The number of benzene rings is 3. The molecular formula is C44H57N4O10P. The Balaban J connectivity index is 1.68. The monoisotopic (exact) mass is 832 g/mol. The van der Waals surface area contributed by atoms with Gasteiger partial charge in [-0.05, 0) is 75.6 Å². The summed E-state index contributed by atoms with van der Waals surface area (Å²) in [6.45, 7) is 10.4. The van der Waals surface area contributed by atoms with Crippen molar-refractivity contribution in [3.05, 3.63) is 128 Å². The Morgan fingerprint density at radius 2 is 1.46 bits per heavy atom. The molecule has 2 heterocycles. The third-order valence-corrected chi connectivity index (χ3v) is 12.3. The van der Waals surface area contributed by atoms with Crippen LogP contribution in [0.25, 0.3) is 0 Å². The van der Waals surface area contributed by atoms with Crippen LogP contribution in [0.1, 0.15) is 62.4 Å². The second-order valence-corrected chi connectivity index (χ2v) is 16.1. The number of hydrogen-bond acceptors (Lipinski definition) is 12. The van der Waals surface area contributed by atoms with Gasteiger partial charge in [-0.3, -0.25) is 14.3 Å². The fourth-order valence-electron chi connectivity index (χ4n) is 7.34. The first-order chi connectivity index (χ1) is 28.5. The molecule has 1 aromatic heterocycles. The lowest BCUT2D eigenvalue weighted by Crippen LogP contribution is -2.57. The molecule has 1 unspecified atom stereocenters. The van der Waals surface area contributed by atoms with E-state index in [-0.39, 0.29) is 51.5 Å². The first-order valence-electron chi connectivity index (χ1n) is 19.8. The summed E-state index contributed by atoms with van der Waals surface area (Å²) in [7, 11) is 2.99. The van der Waals surface area contributed by atoms with Crippen molar-refractivity contribution in [2.24, 2.45) is 0 Å². The number of aromatic amines is 1. The number of aromatic nitrogens is 2. The SMILES string of the molecule is COCCO[C@@H]1[C@H](OP(OCCC#N)N(C(C)C)C(C)C)[C@@H](COC(c2ccccc2)(c2ccc(OC)cc2)c2ccc(OC)cc2)OC[C@H]1n1cc(C)c(=O)[nH]c1=O. The number of hydrogen-bond donors (Lipinski definition) is 1. The Bertz CT molecular complexity index is 2000. The number of rotatable bonds is 21. The summed E-state index contributed by atoms with van der Waals surface area (Å²) in [4.78, 5) is 28.4. The molecule has 1 saturated heterocycles. The van der Waals surface area contributed by atoms with Gasteiger partial charge < -0.3 is 37.5 Å². The first-order valence-corrected chi connectivity index (χ1v) is 20.9. The zero-order chi connectivity index (χ0) is 42.5. The van der Waals surface area contributed by atoms with Crippen LogP contribution in [-0.2, 0) is 33.6 Å². The van der Waals surface area contributed by atoms with Crippen LogP contribution in [0, 0.1) is 18.3 Å². The van der Waals surface area contributed by atoms with E-state index in [0.29, 0.717) is 17.1 Å². The molecule has 0 spiro atoms. The zero-order valence-electron chi connectivity index (χ0n) is 35.2. The van der Waals surface area contributed by atoms with Crippen molar-refractivity contribution in [1.29, 1.82) is 5.26 Å². The van der Waals surface area contributed by atoms with Gasteiger partial charge in [0.1, 0.15) is 35.4 Å².